The molecule has 0 amide bonds. The molecule has 3 aromatic rings. The van der Waals surface area contributed by atoms with Crippen LogP contribution in [0.1, 0.15) is 11.3 Å². The maximum absolute atomic E-state index is 11.1. The van der Waals surface area contributed by atoms with Crippen molar-refractivity contribution in [3.63, 3.8) is 0 Å². The number of aromatic nitrogens is 2. The molecule has 1 aromatic carbocycles. The van der Waals surface area contributed by atoms with Gasteiger partial charge in [0.05, 0.1) is 23.4 Å². The molecule has 24 heavy (non-hydrogen) atoms. The van der Waals surface area contributed by atoms with E-state index < -0.39 is 4.92 Å². The van der Waals surface area contributed by atoms with Gasteiger partial charge in [-0.1, -0.05) is 6.07 Å². The summed E-state index contributed by atoms with van der Waals surface area (Å²) in [6, 6.07) is 8.30. The Hall–Kier alpha value is -3.29. The molecule has 2 heterocycles. The third kappa shape index (κ3) is 2.81. The van der Waals surface area contributed by atoms with E-state index in [1.165, 1.54) is 19.2 Å². The number of rotatable bonds is 4. The number of pyridine rings is 1. The zero-order valence-electron chi connectivity index (χ0n) is 13.4. The van der Waals surface area contributed by atoms with Gasteiger partial charge in [0.1, 0.15) is 5.65 Å². The number of nitro groups is 1. The highest BCUT2D eigenvalue weighted by Gasteiger charge is 2.15. The predicted molar refractivity (Wildman–Crippen MR) is 88.5 cm³/mol. The summed E-state index contributed by atoms with van der Waals surface area (Å²) in [7, 11) is 1.38. The second-order valence-corrected chi connectivity index (χ2v) is 5.27. The maximum atomic E-state index is 11.1. The molecule has 0 radical (unpaired) electrons. The van der Waals surface area contributed by atoms with Crippen LogP contribution in [0.4, 0.5) is 17.2 Å². The Morgan fingerprint density at radius 2 is 2.00 bits per heavy atom. The molecular weight excluding hydrogens is 310 g/mol. The van der Waals surface area contributed by atoms with Crippen LogP contribution >= 0.6 is 0 Å². The molecule has 0 saturated carbocycles. The summed E-state index contributed by atoms with van der Waals surface area (Å²) in [4.78, 5) is 15.0. The van der Waals surface area contributed by atoms with Crippen molar-refractivity contribution in [2.24, 2.45) is 10.2 Å². The molecule has 0 unspecified atom stereocenters. The number of methoxy groups -OCH3 is 1. The average Bonchev–Trinajstić information content (AvgIpc) is 2.87. The van der Waals surface area contributed by atoms with E-state index in [4.69, 9.17) is 4.74 Å². The van der Waals surface area contributed by atoms with Gasteiger partial charge in [-0.05, 0) is 37.6 Å². The van der Waals surface area contributed by atoms with E-state index in [9.17, 15) is 10.1 Å². The highest BCUT2D eigenvalue weighted by Crippen LogP contribution is 2.32. The van der Waals surface area contributed by atoms with Gasteiger partial charge in [-0.25, -0.2) is 4.98 Å². The van der Waals surface area contributed by atoms with Crippen molar-refractivity contribution in [2.75, 3.05) is 7.11 Å². The number of hydrogen-bond donors (Lipinski definition) is 0. The van der Waals surface area contributed by atoms with Gasteiger partial charge in [0, 0.05) is 12.3 Å². The third-order valence-corrected chi connectivity index (χ3v) is 3.53. The normalized spacial score (nSPS) is 11.3. The third-order valence-electron chi connectivity index (χ3n) is 3.53. The second-order valence-electron chi connectivity index (χ2n) is 5.27. The topological polar surface area (TPSA) is 94.4 Å². The quantitative estimate of drug-likeness (QED) is 0.406. The fraction of sp³-hybridized carbons (Fsp3) is 0.188. The Balaban J connectivity index is 2.03. The highest BCUT2D eigenvalue weighted by molar-refractivity contribution is 5.56. The van der Waals surface area contributed by atoms with Crippen LogP contribution in [0.3, 0.4) is 0 Å². The summed E-state index contributed by atoms with van der Waals surface area (Å²) in [6.45, 7) is 3.82. The molecule has 8 nitrogen and oxygen atoms in total. The smallest absolute Gasteiger partial charge is 0.313 e. The predicted octanol–water partition coefficient (Wildman–Crippen LogP) is 4.28. The van der Waals surface area contributed by atoms with Crippen LogP contribution in [0.5, 0.6) is 5.75 Å². The Labute approximate surface area is 137 Å². The number of ether oxygens (including phenoxy) is 1. The number of azo groups is 1. The number of fused-ring (bicyclic) bond motifs is 1. The number of aryl methyl sites for hydroxylation is 2. The Morgan fingerprint density at radius 1 is 1.21 bits per heavy atom. The van der Waals surface area contributed by atoms with E-state index in [0.717, 1.165) is 16.9 Å². The molecule has 0 spiro atoms. The van der Waals surface area contributed by atoms with Gasteiger partial charge in [0.15, 0.2) is 11.6 Å². The fourth-order valence-corrected chi connectivity index (χ4v) is 2.36. The standard InChI is InChI=1S/C16H15N5O3/c1-10-4-7-15-17-11(2)16(20(15)9-10)19-18-12-5-6-14(24-3)13(8-12)21(22)23/h4-9H,1-3H3. The van der Waals surface area contributed by atoms with Crippen molar-refractivity contribution < 1.29 is 9.66 Å². The first-order chi connectivity index (χ1) is 11.5. The van der Waals surface area contributed by atoms with Crippen LogP contribution in [-0.2, 0) is 0 Å². The Kier molecular flexibility index (Phi) is 3.95. The molecular formula is C16H15N5O3. The first-order valence-electron chi connectivity index (χ1n) is 7.19. The minimum atomic E-state index is -0.513. The fourth-order valence-electron chi connectivity index (χ4n) is 2.36. The van der Waals surface area contributed by atoms with E-state index in [1.54, 1.807) is 6.07 Å². The molecule has 0 aliphatic rings. The van der Waals surface area contributed by atoms with Gasteiger partial charge >= 0.3 is 5.69 Å². The lowest BCUT2D eigenvalue weighted by Crippen LogP contribution is -1.92. The summed E-state index contributed by atoms with van der Waals surface area (Å²) in [5.74, 6) is 0.771. The SMILES string of the molecule is COc1ccc(N=Nc2c(C)nc3ccc(C)cn23)cc1[N+](=O)[O-]. The summed E-state index contributed by atoms with van der Waals surface area (Å²) in [5, 5.41) is 19.4. The van der Waals surface area contributed by atoms with E-state index in [1.807, 2.05) is 36.6 Å². The molecule has 0 N–H and O–H groups in total. The van der Waals surface area contributed by atoms with E-state index in [0.29, 0.717) is 11.5 Å². The molecule has 0 atom stereocenters. The molecule has 0 saturated heterocycles. The van der Waals surface area contributed by atoms with Gasteiger partial charge in [-0.15, -0.1) is 10.2 Å². The van der Waals surface area contributed by atoms with Crippen molar-refractivity contribution in [1.29, 1.82) is 0 Å². The molecule has 2 aromatic heterocycles. The number of benzene rings is 1. The van der Waals surface area contributed by atoms with E-state index in [2.05, 4.69) is 15.2 Å². The largest absolute Gasteiger partial charge is 0.490 e. The van der Waals surface area contributed by atoms with Crippen LogP contribution in [-0.4, -0.2) is 21.4 Å². The van der Waals surface area contributed by atoms with Crippen molar-refractivity contribution >= 4 is 22.8 Å². The van der Waals surface area contributed by atoms with Crippen LogP contribution in [0.25, 0.3) is 5.65 Å². The summed E-state index contributed by atoms with van der Waals surface area (Å²) in [5.41, 5.74) is 2.78. The van der Waals surface area contributed by atoms with Crippen molar-refractivity contribution in [1.82, 2.24) is 9.38 Å². The van der Waals surface area contributed by atoms with Crippen molar-refractivity contribution in [3.05, 3.63) is 57.9 Å². The van der Waals surface area contributed by atoms with Gasteiger partial charge < -0.3 is 4.74 Å². The van der Waals surface area contributed by atoms with Gasteiger partial charge in [-0.3, -0.25) is 14.5 Å². The zero-order chi connectivity index (χ0) is 17.3. The summed E-state index contributed by atoms with van der Waals surface area (Å²) < 4.78 is 6.81. The van der Waals surface area contributed by atoms with Crippen molar-refractivity contribution in [2.45, 2.75) is 13.8 Å². The number of imidazole rings is 1. The molecule has 0 bridgehead atoms. The molecule has 122 valence electrons. The Bertz CT molecular complexity index is 962. The van der Waals surface area contributed by atoms with E-state index in [-0.39, 0.29) is 11.4 Å². The lowest BCUT2D eigenvalue weighted by molar-refractivity contribution is -0.385. The van der Waals surface area contributed by atoms with E-state index >= 15 is 0 Å². The summed E-state index contributed by atoms with van der Waals surface area (Å²) >= 11 is 0. The molecule has 8 heteroatoms. The van der Waals surface area contributed by atoms with Crippen molar-refractivity contribution in [3.8, 4) is 5.75 Å². The monoisotopic (exact) mass is 325 g/mol. The van der Waals surface area contributed by atoms with Crippen LogP contribution in [0, 0.1) is 24.0 Å². The Morgan fingerprint density at radius 3 is 2.71 bits per heavy atom. The van der Waals surface area contributed by atoms with Crippen LogP contribution < -0.4 is 4.74 Å². The zero-order valence-corrected chi connectivity index (χ0v) is 13.4. The minimum Gasteiger partial charge on any atom is -0.490 e. The summed E-state index contributed by atoms with van der Waals surface area (Å²) in [6.07, 6.45) is 1.92. The van der Waals surface area contributed by atoms with Crippen LogP contribution in [0.15, 0.2) is 46.8 Å². The second kappa shape index (κ2) is 6.07. The number of hydrogen-bond acceptors (Lipinski definition) is 6. The highest BCUT2D eigenvalue weighted by atomic mass is 16.6. The lowest BCUT2D eigenvalue weighted by Gasteiger charge is -2.01. The minimum absolute atomic E-state index is 0.153. The molecule has 0 aliphatic heterocycles. The van der Waals surface area contributed by atoms with Gasteiger partial charge in [-0.2, -0.15) is 0 Å². The molecule has 0 fully saturated rings. The number of nitrogens with zero attached hydrogens (tertiary/aromatic N) is 5. The lowest BCUT2D eigenvalue weighted by atomic mass is 10.2. The van der Waals surface area contributed by atoms with Gasteiger partial charge in [0.2, 0.25) is 0 Å². The first kappa shape index (κ1) is 15.6. The molecule has 3 rings (SSSR count). The molecule has 0 aliphatic carbocycles. The number of nitro benzene ring substituents is 1. The van der Waals surface area contributed by atoms with Gasteiger partial charge in [0.25, 0.3) is 0 Å². The van der Waals surface area contributed by atoms with Crippen LogP contribution in [0.2, 0.25) is 0 Å². The maximum Gasteiger partial charge on any atom is 0.313 e. The average molecular weight is 325 g/mol. The first-order valence-corrected chi connectivity index (χ1v) is 7.19.